The summed E-state index contributed by atoms with van der Waals surface area (Å²) in [6, 6.07) is 4.86. The number of halogens is 5. The number of aryl methyl sites for hydroxylation is 1. The second-order valence-electron chi connectivity index (χ2n) is 7.02. The molecule has 0 saturated carbocycles. The van der Waals surface area contributed by atoms with Gasteiger partial charge in [0.25, 0.3) is 5.91 Å². The van der Waals surface area contributed by atoms with Crippen LogP contribution in [0.25, 0.3) is 11.1 Å². The van der Waals surface area contributed by atoms with E-state index in [1.807, 2.05) is 0 Å². The van der Waals surface area contributed by atoms with E-state index in [1.54, 1.807) is 19.1 Å². The largest absolute Gasteiger partial charge is 0.433 e. The quantitative estimate of drug-likeness (QED) is 0.548. The summed E-state index contributed by atoms with van der Waals surface area (Å²) in [5.41, 5.74) is 3.16. The fourth-order valence-corrected chi connectivity index (χ4v) is 3.55. The molecular weight excluding hydrogens is 423 g/mol. The minimum absolute atomic E-state index is 0.0968. The van der Waals surface area contributed by atoms with Gasteiger partial charge in [-0.15, -0.1) is 0 Å². The Hall–Kier alpha value is -3.50. The molecular formula is C20H15F5N4O2. The molecule has 1 aliphatic heterocycles. The number of pyridine rings is 1. The fourth-order valence-electron chi connectivity index (χ4n) is 3.55. The van der Waals surface area contributed by atoms with Crippen molar-refractivity contribution in [1.82, 2.24) is 14.8 Å². The van der Waals surface area contributed by atoms with E-state index in [0.717, 1.165) is 4.68 Å². The standard InChI is InChI=1S/C20H15F5N4O2/c1-11-2-12(13-4-16(7-26-5-13)31-19(21)22)3-14-8-29(18(30)17(11)14)15-6-27-28(9-15)10-20(23,24)25/h2-7,9,19H,8,10H2,1H3. The maximum Gasteiger partial charge on any atom is 0.408 e. The molecule has 1 amide bonds. The van der Waals surface area contributed by atoms with Crippen molar-refractivity contribution < 1.29 is 31.5 Å². The lowest BCUT2D eigenvalue weighted by Gasteiger charge is -2.12. The molecule has 0 bridgehead atoms. The van der Waals surface area contributed by atoms with Gasteiger partial charge in [-0.1, -0.05) is 6.07 Å². The van der Waals surface area contributed by atoms with E-state index in [0.29, 0.717) is 27.8 Å². The third-order valence-electron chi connectivity index (χ3n) is 4.75. The predicted octanol–water partition coefficient (Wildman–Crippen LogP) is 4.58. The summed E-state index contributed by atoms with van der Waals surface area (Å²) in [5.74, 6) is -0.445. The van der Waals surface area contributed by atoms with Crippen LogP contribution in [0.1, 0.15) is 21.5 Å². The van der Waals surface area contributed by atoms with E-state index < -0.39 is 19.3 Å². The molecule has 1 aromatic carbocycles. The number of carbonyl (C=O) groups excluding carboxylic acids is 1. The minimum Gasteiger partial charge on any atom is -0.433 e. The smallest absolute Gasteiger partial charge is 0.408 e. The van der Waals surface area contributed by atoms with Crippen molar-refractivity contribution in [3.05, 3.63) is 59.7 Å². The van der Waals surface area contributed by atoms with Crippen LogP contribution in [0.15, 0.2) is 43.0 Å². The number of hydrogen-bond donors (Lipinski definition) is 0. The van der Waals surface area contributed by atoms with Gasteiger partial charge in [-0.2, -0.15) is 27.1 Å². The Morgan fingerprint density at radius 3 is 2.61 bits per heavy atom. The summed E-state index contributed by atoms with van der Waals surface area (Å²) in [7, 11) is 0. The molecule has 0 saturated heterocycles. The summed E-state index contributed by atoms with van der Waals surface area (Å²) >= 11 is 0. The maximum absolute atomic E-state index is 12.9. The summed E-state index contributed by atoms with van der Waals surface area (Å²) in [6.45, 7) is -2.37. The molecule has 6 nitrogen and oxygen atoms in total. The van der Waals surface area contributed by atoms with Crippen LogP contribution in [0, 0.1) is 6.92 Å². The van der Waals surface area contributed by atoms with Crippen molar-refractivity contribution in [1.29, 1.82) is 0 Å². The highest BCUT2D eigenvalue weighted by Gasteiger charge is 2.33. The van der Waals surface area contributed by atoms with Gasteiger partial charge >= 0.3 is 12.8 Å². The highest BCUT2D eigenvalue weighted by molar-refractivity contribution is 6.11. The molecule has 3 aromatic rings. The van der Waals surface area contributed by atoms with Crippen LogP contribution in [0.4, 0.5) is 27.6 Å². The van der Waals surface area contributed by atoms with E-state index in [2.05, 4.69) is 14.8 Å². The average Bonchev–Trinajstić information content (AvgIpc) is 3.24. The van der Waals surface area contributed by atoms with Gasteiger partial charge in [-0.05, 0) is 35.7 Å². The number of aromatic nitrogens is 3. The second kappa shape index (κ2) is 7.64. The Kier molecular flexibility index (Phi) is 5.11. The molecule has 162 valence electrons. The molecule has 4 rings (SSSR count). The molecule has 0 aliphatic carbocycles. The SMILES string of the molecule is Cc1cc(-c2cncc(OC(F)F)c2)cc2c1C(=O)N(c1cnn(CC(F)(F)F)c1)C2. The summed E-state index contributed by atoms with van der Waals surface area (Å²) in [5, 5.41) is 3.68. The zero-order valence-corrected chi connectivity index (χ0v) is 16.0. The number of alkyl halides is 5. The van der Waals surface area contributed by atoms with Crippen molar-refractivity contribution in [2.75, 3.05) is 4.90 Å². The molecule has 31 heavy (non-hydrogen) atoms. The number of benzene rings is 1. The van der Waals surface area contributed by atoms with E-state index in [-0.39, 0.29) is 23.9 Å². The number of hydrogen-bond acceptors (Lipinski definition) is 4. The van der Waals surface area contributed by atoms with Crippen LogP contribution in [0.2, 0.25) is 0 Å². The van der Waals surface area contributed by atoms with Crippen molar-refractivity contribution in [2.24, 2.45) is 0 Å². The maximum atomic E-state index is 12.9. The van der Waals surface area contributed by atoms with Crippen LogP contribution in [0.5, 0.6) is 5.75 Å². The number of carbonyl (C=O) groups is 1. The second-order valence-corrected chi connectivity index (χ2v) is 7.02. The lowest BCUT2D eigenvalue weighted by atomic mass is 9.97. The molecule has 11 heteroatoms. The van der Waals surface area contributed by atoms with Crippen molar-refractivity contribution in [2.45, 2.75) is 32.8 Å². The first-order valence-corrected chi connectivity index (χ1v) is 9.05. The van der Waals surface area contributed by atoms with E-state index in [1.165, 1.54) is 35.8 Å². The Morgan fingerprint density at radius 1 is 1.13 bits per heavy atom. The van der Waals surface area contributed by atoms with E-state index in [9.17, 15) is 26.7 Å². The van der Waals surface area contributed by atoms with Crippen LogP contribution in [-0.4, -0.2) is 33.5 Å². The summed E-state index contributed by atoms with van der Waals surface area (Å²) in [6.07, 6.45) is 0.599. The first-order valence-electron chi connectivity index (χ1n) is 9.05. The van der Waals surface area contributed by atoms with Crippen LogP contribution >= 0.6 is 0 Å². The van der Waals surface area contributed by atoms with Gasteiger partial charge in [0.15, 0.2) is 0 Å². The monoisotopic (exact) mass is 438 g/mol. The molecule has 3 heterocycles. The molecule has 0 fully saturated rings. The topological polar surface area (TPSA) is 60.2 Å². The molecule has 1 aliphatic rings. The zero-order valence-electron chi connectivity index (χ0n) is 16.0. The number of fused-ring (bicyclic) bond motifs is 1. The Morgan fingerprint density at radius 2 is 1.90 bits per heavy atom. The minimum atomic E-state index is -4.43. The number of amides is 1. The summed E-state index contributed by atoms with van der Waals surface area (Å²) in [4.78, 5) is 18.1. The van der Waals surface area contributed by atoms with E-state index in [4.69, 9.17) is 0 Å². The molecule has 0 radical (unpaired) electrons. The number of ether oxygens (including phenoxy) is 1. The van der Waals surface area contributed by atoms with Crippen LogP contribution < -0.4 is 9.64 Å². The van der Waals surface area contributed by atoms with E-state index >= 15 is 0 Å². The van der Waals surface area contributed by atoms with Gasteiger partial charge in [0.05, 0.1) is 24.6 Å². The number of anilines is 1. The Labute approximate surface area is 172 Å². The van der Waals surface area contributed by atoms with Crippen molar-refractivity contribution in [3.8, 4) is 16.9 Å². The fraction of sp³-hybridized carbons (Fsp3) is 0.250. The van der Waals surface area contributed by atoms with Crippen LogP contribution in [0.3, 0.4) is 0 Å². The first-order chi connectivity index (χ1) is 14.6. The molecule has 0 atom stereocenters. The summed E-state index contributed by atoms with van der Waals surface area (Å²) < 4.78 is 67.8. The molecule has 0 N–H and O–H groups in total. The predicted molar refractivity (Wildman–Crippen MR) is 99.8 cm³/mol. The van der Waals surface area contributed by atoms with Crippen LogP contribution in [-0.2, 0) is 13.1 Å². The third-order valence-corrected chi connectivity index (χ3v) is 4.75. The lowest BCUT2D eigenvalue weighted by Crippen LogP contribution is -2.23. The zero-order chi connectivity index (χ0) is 22.3. The Bertz CT molecular complexity index is 1140. The first kappa shape index (κ1) is 20.8. The van der Waals surface area contributed by atoms with Gasteiger partial charge < -0.3 is 9.64 Å². The van der Waals surface area contributed by atoms with Gasteiger partial charge in [0.2, 0.25) is 0 Å². The highest BCUT2D eigenvalue weighted by Crippen LogP contribution is 2.34. The lowest BCUT2D eigenvalue weighted by molar-refractivity contribution is -0.142. The molecule has 0 spiro atoms. The van der Waals surface area contributed by atoms with Gasteiger partial charge in [-0.25, -0.2) is 0 Å². The number of rotatable bonds is 5. The average molecular weight is 438 g/mol. The molecule has 0 unspecified atom stereocenters. The van der Waals surface area contributed by atoms with Gasteiger partial charge in [-0.3, -0.25) is 14.5 Å². The third kappa shape index (κ3) is 4.35. The normalized spacial score (nSPS) is 13.8. The Balaban J connectivity index is 1.63. The molecule has 2 aromatic heterocycles. The van der Waals surface area contributed by atoms with Gasteiger partial charge in [0.1, 0.15) is 12.3 Å². The van der Waals surface area contributed by atoms with Crippen molar-refractivity contribution >= 4 is 11.6 Å². The highest BCUT2D eigenvalue weighted by atomic mass is 19.4. The number of nitrogens with zero attached hydrogens (tertiary/aromatic N) is 4. The van der Waals surface area contributed by atoms with Gasteiger partial charge in [0, 0.05) is 23.5 Å². The van der Waals surface area contributed by atoms with Crippen molar-refractivity contribution in [3.63, 3.8) is 0 Å².